The van der Waals surface area contributed by atoms with Gasteiger partial charge >= 0.3 is 0 Å². The van der Waals surface area contributed by atoms with Crippen LogP contribution in [0, 0.1) is 10.8 Å². The van der Waals surface area contributed by atoms with Crippen molar-refractivity contribution >= 4 is 23.5 Å². The van der Waals surface area contributed by atoms with E-state index >= 15 is 0 Å². The minimum atomic E-state index is -0.115. The van der Waals surface area contributed by atoms with E-state index < -0.39 is 0 Å². The van der Waals surface area contributed by atoms with Crippen LogP contribution in [0.2, 0.25) is 0 Å². The van der Waals surface area contributed by atoms with E-state index in [1.165, 1.54) is 0 Å². The van der Waals surface area contributed by atoms with Crippen LogP contribution in [-0.2, 0) is 0 Å². The molecule has 0 aromatic heterocycles. The number of hydrogen-bond acceptors (Lipinski definition) is 6. The van der Waals surface area contributed by atoms with Gasteiger partial charge in [0.05, 0.1) is 0 Å². The summed E-state index contributed by atoms with van der Waals surface area (Å²) in [5.74, 6) is 1.56. The quantitative estimate of drug-likeness (QED) is 0.662. The standard InChI is InChI=1S/C10H16N4S2/c1-7(2)9(13-11-5-15-9)8(3,4)10(7)14-12-6-16-10/h5-6H2,1-4H3. The molecule has 0 unspecified atom stereocenters. The predicted octanol–water partition coefficient (Wildman–Crippen LogP) is 3.76. The van der Waals surface area contributed by atoms with Crippen molar-refractivity contribution in [3.8, 4) is 0 Å². The number of nitrogens with zero attached hydrogens (tertiary/aromatic N) is 4. The van der Waals surface area contributed by atoms with Crippen LogP contribution < -0.4 is 0 Å². The molecule has 0 saturated heterocycles. The van der Waals surface area contributed by atoms with Gasteiger partial charge in [0.15, 0.2) is 0 Å². The maximum atomic E-state index is 4.57. The Hall–Kier alpha value is -0.100. The highest BCUT2D eigenvalue weighted by Gasteiger charge is 2.84. The largest absolute Gasteiger partial charge is 0.182 e. The first-order valence-electron chi connectivity index (χ1n) is 5.47. The molecular weight excluding hydrogens is 240 g/mol. The first-order chi connectivity index (χ1) is 7.41. The van der Waals surface area contributed by atoms with Gasteiger partial charge in [0, 0.05) is 10.8 Å². The van der Waals surface area contributed by atoms with Gasteiger partial charge in [-0.15, -0.1) is 23.5 Å². The summed E-state index contributed by atoms with van der Waals surface area (Å²) in [7, 11) is 0. The minimum Gasteiger partial charge on any atom is -0.182 e. The minimum absolute atomic E-state index is 0.0127. The number of hydrogen-bond donors (Lipinski definition) is 0. The molecule has 0 amide bonds. The first-order valence-corrected chi connectivity index (χ1v) is 7.44. The van der Waals surface area contributed by atoms with Crippen LogP contribution in [0.25, 0.3) is 0 Å². The van der Waals surface area contributed by atoms with Crippen LogP contribution in [0.5, 0.6) is 0 Å². The van der Waals surface area contributed by atoms with Crippen molar-refractivity contribution in [3.63, 3.8) is 0 Å². The molecule has 16 heavy (non-hydrogen) atoms. The molecule has 0 aromatic rings. The molecule has 3 rings (SSSR count). The zero-order valence-electron chi connectivity index (χ0n) is 10.0. The Morgan fingerprint density at radius 2 is 1.12 bits per heavy atom. The van der Waals surface area contributed by atoms with E-state index in [0.717, 1.165) is 11.8 Å². The van der Waals surface area contributed by atoms with Crippen LogP contribution in [0.3, 0.4) is 0 Å². The summed E-state index contributed by atoms with van der Waals surface area (Å²) in [6.07, 6.45) is 0. The number of azo groups is 2. The Morgan fingerprint density at radius 1 is 0.750 bits per heavy atom. The lowest BCUT2D eigenvalue weighted by Gasteiger charge is -2.71. The second-order valence-corrected chi connectivity index (χ2v) is 7.84. The third-order valence-electron chi connectivity index (χ3n) is 4.47. The lowest BCUT2D eigenvalue weighted by atomic mass is 9.47. The van der Waals surface area contributed by atoms with Crippen molar-refractivity contribution < 1.29 is 0 Å². The molecule has 0 bridgehead atoms. The Balaban J connectivity index is 2.14. The number of rotatable bonds is 0. The third-order valence-corrected chi connectivity index (χ3v) is 8.00. The Morgan fingerprint density at radius 3 is 1.38 bits per heavy atom. The highest BCUT2D eigenvalue weighted by molar-refractivity contribution is 8.02. The molecule has 0 aromatic carbocycles. The Bertz CT molecular complexity index is 350. The van der Waals surface area contributed by atoms with Crippen LogP contribution in [0.4, 0.5) is 0 Å². The molecule has 2 spiro atoms. The normalized spacial score (nSPS) is 34.8. The molecule has 3 aliphatic rings. The zero-order valence-corrected chi connectivity index (χ0v) is 11.7. The second-order valence-electron chi connectivity index (χ2n) is 5.57. The van der Waals surface area contributed by atoms with Gasteiger partial charge in [0.25, 0.3) is 0 Å². The molecule has 2 heterocycles. The summed E-state index contributed by atoms with van der Waals surface area (Å²) in [4.78, 5) is -0.229. The molecule has 0 atom stereocenters. The summed E-state index contributed by atoms with van der Waals surface area (Å²) in [5.41, 5.74) is 0.0255. The summed E-state index contributed by atoms with van der Waals surface area (Å²) < 4.78 is 0. The van der Waals surface area contributed by atoms with Crippen molar-refractivity contribution in [2.75, 3.05) is 11.8 Å². The van der Waals surface area contributed by atoms with E-state index in [9.17, 15) is 0 Å². The van der Waals surface area contributed by atoms with Gasteiger partial charge in [-0.3, -0.25) is 0 Å². The van der Waals surface area contributed by atoms with Gasteiger partial charge in [-0.05, 0) is 0 Å². The molecule has 88 valence electrons. The lowest BCUT2D eigenvalue weighted by Crippen LogP contribution is -2.78. The Labute approximate surface area is 104 Å². The summed E-state index contributed by atoms with van der Waals surface area (Å²) in [6.45, 7) is 9.03. The summed E-state index contributed by atoms with van der Waals surface area (Å²) in [6, 6.07) is 0. The number of thioether (sulfide) groups is 2. The average molecular weight is 256 g/mol. The van der Waals surface area contributed by atoms with Gasteiger partial charge in [0.2, 0.25) is 0 Å². The van der Waals surface area contributed by atoms with E-state index in [1.807, 2.05) is 23.5 Å². The van der Waals surface area contributed by atoms with Crippen molar-refractivity contribution in [2.45, 2.75) is 37.4 Å². The fraction of sp³-hybridized carbons (Fsp3) is 1.00. The van der Waals surface area contributed by atoms with Crippen molar-refractivity contribution in [2.24, 2.45) is 31.3 Å². The highest BCUT2D eigenvalue weighted by atomic mass is 32.2. The smallest absolute Gasteiger partial charge is 0.145 e. The molecule has 0 N–H and O–H groups in total. The molecule has 2 aliphatic heterocycles. The lowest BCUT2D eigenvalue weighted by molar-refractivity contribution is -0.0965. The van der Waals surface area contributed by atoms with Crippen LogP contribution in [-0.4, -0.2) is 21.5 Å². The van der Waals surface area contributed by atoms with Gasteiger partial charge in [-0.25, -0.2) is 0 Å². The van der Waals surface area contributed by atoms with Crippen molar-refractivity contribution in [3.05, 3.63) is 0 Å². The van der Waals surface area contributed by atoms with Gasteiger partial charge in [-0.1, -0.05) is 27.7 Å². The molecule has 1 fully saturated rings. The topological polar surface area (TPSA) is 49.4 Å². The van der Waals surface area contributed by atoms with E-state index in [1.54, 1.807) is 0 Å². The average Bonchev–Trinajstić information content (AvgIpc) is 2.89. The molecule has 6 heteroatoms. The van der Waals surface area contributed by atoms with E-state index in [0.29, 0.717) is 0 Å². The fourth-order valence-corrected chi connectivity index (χ4v) is 6.74. The zero-order chi connectivity index (χ0) is 11.7. The molecule has 0 radical (unpaired) electrons. The molecule has 1 saturated carbocycles. The molecule has 4 nitrogen and oxygen atoms in total. The van der Waals surface area contributed by atoms with Gasteiger partial charge < -0.3 is 0 Å². The molecular formula is C10H16N4S2. The van der Waals surface area contributed by atoms with Gasteiger partial charge in [0.1, 0.15) is 21.5 Å². The van der Waals surface area contributed by atoms with E-state index in [-0.39, 0.29) is 20.6 Å². The van der Waals surface area contributed by atoms with Gasteiger partial charge in [-0.2, -0.15) is 20.5 Å². The maximum Gasteiger partial charge on any atom is 0.145 e. The third kappa shape index (κ3) is 0.796. The van der Waals surface area contributed by atoms with Crippen molar-refractivity contribution in [1.82, 2.24) is 0 Å². The monoisotopic (exact) mass is 256 g/mol. The maximum absolute atomic E-state index is 4.57. The summed E-state index contributed by atoms with van der Waals surface area (Å²) in [5, 5.41) is 17.6. The van der Waals surface area contributed by atoms with Crippen LogP contribution in [0.1, 0.15) is 27.7 Å². The summed E-state index contributed by atoms with van der Waals surface area (Å²) >= 11 is 3.72. The Kier molecular flexibility index (Phi) is 1.95. The first kappa shape index (κ1) is 11.0. The van der Waals surface area contributed by atoms with Crippen molar-refractivity contribution in [1.29, 1.82) is 0 Å². The fourth-order valence-electron chi connectivity index (χ4n) is 3.74. The molecule has 1 aliphatic carbocycles. The van der Waals surface area contributed by atoms with E-state index in [4.69, 9.17) is 0 Å². The second kappa shape index (κ2) is 2.83. The van der Waals surface area contributed by atoms with Crippen LogP contribution in [0.15, 0.2) is 20.5 Å². The predicted molar refractivity (Wildman–Crippen MR) is 67.7 cm³/mol. The van der Waals surface area contributed by atoms with Crippen LogP contribution >= 0.6 is 23.5 Å². The SMILES string of the molecule is CC1(C)C2(N=NCS2)C(C)(C)C12N=NCS2. The highest BCUT2D eigenvalue weighted by Crippen LogP contribution is 2.80. The van der Waals surface area contributed by atoms with E-state index in [2.05, 4.69) is 48.2 Å².